The zero-order chi connectivity index (χ0) is 20.6. The minimum Gasteiger partial charge on any atom is -0.378 e. The second-order valence-electron chi connectivity index (χ2n) is 7.95. The van der Waals surface area contributed by atoms with E-state index in [-0.39, 0.29) is 0 Å². The summed E-state index contributed by atoms with van der Waals surface area (Å²) in [5, 5.41) is 7.07. The first-order valence-corrected chi connectivity index (χ1v) is 10.4. The number of aromatic nitrogens is 1. The van der Waals surface area contributed by atoms with Gasteiger partial charge in [0.1, 0.15) is 0 Å². The quantitative estimate of drug-likeness (QED) is 0.583. The van der Waals surface area contributed by atoms with Crippen LogP contribution in [0.1, 0.15) is 29.7 Å². The molecule has 1 aliphatic rings. The average Bonchev–Trinajstić information content (AvgIpc) is 2.73. The summed E-state index contributed by atoms with van der Waals surface area (Å²) >= 11 is 0. The molecular formula is C23H34N6. The van der Waals surface area contributed by atoms with Crippen molar-refractivity contribution in [3.8, 4) is 0 Å². The Hall–Kier alpha value is -2.60. The van der Waals surface area contributed by atoms with Crippen LogP contribution in [-0.2, 0) is 13.1 Å². The van der Waals surface area contributed by atoms with Gasteiger partial charge in [0, 0.05) is 65.2 Å². The van der Waals surface area contributed by atoms with Crippen molar-refractivity contribution in [1.29, 1.82) is 0 Å². The molecule has 6 nitrogen and oxygen atoms in total. The van der Waals surface area contributed by atoms with Crippen molar-refractivity contribution in [2.45, 2.75) is 38.9 Å². The van der Waals surface area contributed by atoms with Crippen molar-refractivity contribution >= 4 is 11.6 Å². The summed E-state index contributed by atoms with van der Waals surface area (Å²) < 4.78 is 0. The van der Waals surface area contributed by atoms with Gasteiger partial charge < -0.3 is 15.5 Å². The topological polar surface area (TPSA) is 55.8 Å². The van der Waals surface area contributed by atoms with Gasteiger partial charge >= 0.3 is 0 Å². The van der Waals surface area contributed by atoms with E-state index in [0.29, 0.717) is 6.04 Å². The highest BCUT2D eigenvalue weighted by atomic mass is 15.2. The van der Waals surface area contributed by atoms with E-state index in [2.05, 4.69) is 81.8 Å². The highest BCUT2D eigenvalue weighted by Gasteiger charge is 2.20. The van der Waals surface area contributed by atoms with Gasteiger partial charge in [-0.2, -0.15) is 0 Å². The summed E-state index contributed by atoms with van der Waals surface area (Å²) in [7, 11) is 5.98. The molecule has 0 aliphatic carbocycles. The van der Waals surface area contributed by atoms with Crippen LogP contribution in [0.15, 0.2) is 47.6 Å². The lowest BCUT2D eigenvalue weighted by Crippen LogP contribution is -2.48. The Morgan fingerprint density at radius 2 is 2.00 bits per heavy atom. The number of hydrogen-bond donors (Lipinski definition) is 2. The van der Waals surface area contributed by atoms with Gasteiger partial charge in [-0.3, -0.25) is 14.9 Å². The van der Waals surface area contributed by atoms with E-state index in [1.807, 2.05) is 19.3 Å². The van der Waals surface area contributed by atoms with Gasteiger partial charge in [0.05, 0.1) is 5.69 Å². The molecule has 2 heterocycles. The smallest absolute Gasteiger partial charge is 0.191 e. The molecule has 1 fully saturated rings. The normalized spacial score (nSPS) is 15.9. The van der Waals surface area contributed by atoms with Gasteiger partial charge in [-0.15, -0.1) is 0 Å². The Labute approximate surface area is 175 Å². The Balaban J connectivity index is 1.45. The monoisotopic (exact) mass is 394 g/mol. The Morgan fingerprint density at radius 3 is 2.62 bits per heavy atom. The standard InChI is InChI=1S/C23H34N6/c1-18-15-22(28(3)4)9-8-19(18)16-26-23(24-2)27-20-10-13-29(14-11-20)17-21-7-5-6-12-25-21/h5-9,12,15,20H,10-11,13-14,16-17H2,1-4H3,(H2,24,26,27). The molecule has 2 aromatic rings. The van der Waals surface area contributed by atoms with E-state index < -0.39 is 0 Å². The maximum Gasteiger partial charge on any atom is 0.191 e. The van der Waals surface area contributed by atoms with Crippen molar-refractivity contribution in [2.75, 3.05) is 39.1 Å². The van der Waals surface area contributed by atoms with Crippen LogP contribution < -0.4 is 15.5 Å². The highest BCUT2D eigenvalue weighted by molar-refractivity contribution is 5.80. The van der Waals surface area contributed by atoms with Gasteiger partial charge in [0.2, 0.25) is 0 Å². The van der Waals surface area contributed by atoms with Gasteiger partial charge in [-0.1, -0.05) is 12.1 Å². The van der Waals surface area contributed by atoms with Crippen LogP contribution in [0.4, 0.5) is 5.69 Å². The van der Waals surface area contributed by atoms with Crippen LogP contribution in [0.25, 0.3) is 0 Å². The lowest BCUT2D eigenvalue weighted by molar-refractivity contribution is 0.196. The van der Waals surface area contributed by atoms with Gasteiger partial charge in [0.25, 0.3) is 0 Å². The second kappa shape index (κ2) is 10.3. The van der Waals surface area contributed by atoms with Crippen LogP contribution >= 0.6 is 0 Å². The molecule has 2 N–H and O–H groups in total. The first-order chi connectivity index (χ1) is 14.0. The third kappa shape index (κ3) is 6.19. The highest BCUT2D eigenvalue weighted by Crippen LogP contribution is 2.17. The molecule has 1 aromatic heterocycles. The van der Waals surface area contributed by atoms with E-state index in [9.17, 15) is 0 Å². The SMILES string of the molecule is CN=C(NCc1ccc(N(C)C)cc1C)NC1CCN(Cc2ccccn2)CC1. The molecule has 29 heavy (non-hydrogen) atoms. The molecular weight excluding hydrogens is 360 g/mol. The number of aryl methyl sites for hydroxylation is 1. The number of aliphatic imine (C=N–C) groups is 1. The van der Waals surface area contributed by atoms with Crippen molar-refractivity contribution in [3.05, 3.63) is 59.4 Å². The number of nitrogens with one attached hydrogen (secondary N) is 2. The summed E-state index contributed by atoms with van der Waals surface area (Å²) in [6.07, 6.45) is 4.10. The molecule has 0 bridgehead atoms. The lowest BCUT2D eigenvalue weighted by atomic mass is 10.0. The zero-order valence-electron chi connectivity index (χ0n) is 18.2. The van der Waals surface area contributed by atoms with Crippen LogP contribution in [-0.4, -0.2) is 56.1 Å². The third-order valence-corrected chi connectivity index (χ3v) is 5.55. The van der Waals surface area contributed by atoms with Crippen molar-refractivity contribution < 1.29 is 0 Å². The number of rotatable bonds is 6. The number of hydrogen-bond acceptors (Lipinski definition) is 4. The number of likely N-dealkylation sites (tertiary alicyclic amines) is 1. The summed E-state index contributed by atoms with van der Waals surface area (Å²) in [6.45, 7) is 6.03. The summed E-state index contributed by atoms with van der Waals surface area (Å²) in [5.74, 6) is 0.879. The van der Waals surface area contributed by atoms with E-state index >= 15 is 0 Å². The van der Waals surface area contributed by atoms with Crippen molar-refractivity contribution in [2.24, 2.45) is 4.99 Å². The number of piperidine rings is 1. The average molecular weight is 395 g/mol. The van der Waals surface area contributed by atoms with E-state index in [4.69, 9.17) is 0 Å². The molecule has 1 aromatic carbocycles. The maximum absolute atomic E-state index is 4.44. The minimum atomic E-state index is 0.457. The minimum absolute atomic E-state index is 0.457. The number of nitrogens with zero attached hydrogens (tertiary/aromatic N) is 4. The molecule has 0 atom stereocenters. The molecule has 0 radical (unpaired) electrons. The maximum atomic E-state index is 4.44. The first-order valence-electron chi connectivity index (χ1n) is 10.4. The van der Waals surface area contributed by atoms with Crippen molar-refractivity contribution in [3.63, 3.8) is 0 Å². The predicted molar refractivity (Wildman–Crippen MR) is 121 cm³/mol. The van der Waals surface area contributed by atoms with Crippen LogP contribution in [0, 0.1) is 6.92 Å². The first kappa shape index (κ1) is 21.1. The molecule has 6 heteroatoms. The number of anilines is 1. The van der Waals surface area contributed by atoms with Crippen LogP contribution in [0.5, 0.6) is 0 Å². The lowest BCUT2D eigenvalue weighted by Gasteiger charge is -2.32. The predicted octanol–water partition coefficient (Wildman–Crippen LogP) is 2.79. The molecule has 156 valence electrons. The van der Waals surface area contributed by atoms with Gasteiger partial charge in [-0.05, 0) is 55.2 Å². The Bertz CT molecular complexity index is 794. The molecule has 0 saturated carbocycles. The molecule has 1 aliphatic heterocycles. The number of pyridine rings is 1. The second-order valence-corrected chi connectivity index (χ2v) is 7.95. The summed E-state index contributed by atoms with van der Waals surface area (Å²) in [5.41, 5.74) is 4.96. The number of benzene rings is 1. The van der Waals surface area contributed by atoms with E-state index in [1.54, 1.807) is 0 Å². The largest absolute Gasteiger partial charge is 0.378 e. The molecule has 0 amide bonds. The van der Waals surface area contributed by atoms with Crippen LogP contribution in [0.3, 0.4) is 0 Å². The Kier molecular flexibility index (Phi) is 7.47. The molecule has 3 rings (SSSR count). The fourth-order valence-corrected chi connectivity index (χ4v) is 3.68. The summed E-state index contributed by atoms with van der Waals surface area (Å²) in [4.78, 5) is 13.5. The zero-order valence-corrected chi connectivity index (χ0v) is 18.2. The van der Waals surface area contributed by atoms with E-state index in [0.717, 1.165) is 50.7 Å². The number of guanidine groups is 1. The fourth-order valence-electron chi connectivity index (χ4n) is 3.68. The summed E-state index contributed by atoms with van der Waals surface area (Å²) in [6, 6.07) is 13.2. The molecule has 1 saturated heterocycles. The van der Waals surface area contributed by atoms with Crippen molar-refractivity contribution in [1.82, 2.24) is 20.5 Å². The fraction of sp³-hybridized carbons (Fsp3) is 0.478. The Morgan fingerprint density at radius 1 is 1.21 bits per heavy atom. The van der Waals surface area contributed by atoms with E-state index in [1.165, 1.54) is 16.8 Å². The molecule has 0 spiro atoms. The van der Waals surface area contributed by atoms with Crippen LogP contribution in [0.2, 0.25) is 0 Å². The van der Waals surface area contributed by atoms with Gasteiger partial charge in [-0.25, -0.2) is 0 Å². The third-order valence-electron chi connectivity index (χ3n) is 5.55. The van der Waals surface area contributed by atoms with Gasteiger partial charge in [0.15, 0.2) is 5.96 Å². The molecule has 0 unspecified atom stereocenters.